The molecular weight excluding hydrogens is 254 g/mol. The molecule has 2 aromatic rings. The number of carbonyl (C=O) groups is 1. The minimum absolute atomic E-state index is 0.121. The Bertz CT molecular complexity index is 591. The maximum absolute atomic E-state index is 12.5. The van der Waals surface area contributed by atoms with Gasteiger partial charge in [0.15, 0.2) is 0 Å². The minimum Gasteiger partial charge on any atom is -0.340 e. The van der Waals surface area contributed by atoms with E-state index in [2.05, 4.69) is 29.1 Å². The summed E-state index contributed by atoms with van der Waals surface area (Å²) in [4.78, 5) is 21.0. The molecule has 1 atom stereocenters. The fraction of sp³-hybridized carbons (Fsp3) is 0.500. The smallest absolute Gasteiger partial charge is 0.270 e. The number of aromatic nitrogens is 4. The van der Waals surface area contributed by atoms with Crippen molar-refractivity contribution in [2.75, 3.05) is 0 Å². The molecule has 0 aromatic carbocycles. The third kappa shape index (κ3) is 2.59. The highest BCUT2D eigenvalue weighted by molar-refractivity contribution is 5.93. The first-order valence-electron chi connectivity index (χ1n) is 6.67. The largest absolute Gasteiger partial charge is 0.340 e. The fourth-order valence-corrected chi connectivity index (χ4v) is 2.29. The van der Waals surface area contributed by atoms with E-state index in [1.165, 1.54) is 0 Å². The summed E-state index contributed by atoms with van der Waals surface area (Å²) in [6, 6.07) is -0.128. The van der Waals surface area contributed by atoms with Gasteiger partial charge in [0.05, 0.1) is 18.1 Å². The lowest BCUT2D eigenvalue weighted by atomic mass is 10.0. The van der Waals surface area contributed by atoms with Gasteiger partial charge < -0.3 is 14.5 Å². The van der Waals surface area contributed by atoms with E-state index in [4.69, 9.17) is 0 Å². The van der Waals surface area contributed by atoms with Crippen LogP contribution < -0.4 is 5.32 Å². The minimum atomic E-state index is -0.128. The van der Waals surface area contributed by atoms with Crippen LogP contribution in [0.25, 0.3) is 0 Å². The molecule has 2 rings (SSSR count). The molecule has 0 unspecified atom stereocenters. The van der Waals surface area contributed by atoms with Gasteiger partial charge in [-0.15, -0.1) is 0 Å². The number of nitrogens with zero attached hydrogens (tertiary/aromatic N) is 4. The van der Waals surface area contributed by atoms with Gasteiger partial charge in [0, 0.05) is 26.5 Å². The van der Waals surface area contributed by atoms with Crippen molar-refractivity contribution in [3.8, 4) is 0 Å². The Balaban J connectivity index is 2.26. The van der Waals surface area contributed by atoms with Crippen LogP contribution in [0.15, 0.2) is 18.7 Å². The Morgan fingerprint density at radius 2 is 1.95 bits per heavy atom. The van der Waals surface area contributed by atoms with E-state index in [0.29, 0.717) is 5.69 Å². The van der Waals surface area contributed by atoms with Crippen LogP contribution in [0.4, 0.5) is 0 Å². The molecule has 2 aromatic heterocycles. The van der Waals surface area contributed by atoms with Gasteiger partial charge >= 0.3 is 0 Å². The quantitative estimate of drug-likeness (QED) is 0.921. The van der Waals surface area contributed by atoms with Gasteiger partial charge in [0.25, 0.3) is 5.91 Å². The number of amides is 1. The van der Waals surface area contributed by atoms with Gasteiger partial charge in [-0.2, -0.15) is 0 Å². The van der Waals surface area contributed by atoms with E-state index in [0.717, 1.165) is 11.5 Å². The van der Waals surface area contributed by atoms with Crippen LogP contribution in [0, 0.1) is 12.8 Å². The third-order valence-electron chi connectivity index (χ3n) is 3.42. The number of aryl methyl sites for hydroxylation is 3. The van der Waals surface area contributed by atoms with Gasteiger partial charge in [-0.05, 0) is 12.8 Å². The average molecular weight is 275 g/mol. The van der Waals surface area contributed by atoms with Gasteiger partial charge in [0.2, 0.25) is 0 Å². The third-order valence-corrected chi connectivity index (χ3v) is 3.42. The normalized spacial score (nSPS) is 12.7. The highest BCUT2D eigenvalue weighted by Crippen LogP contribution is 2.20. The number of rotatable bonds is 4. The predicted molar refractivity (Wildman–Crippen MR) is 76.2 cm³/mol. The Morgan fingerprint density at radius 1 is 1.25 bits per heavy atom. The Hall–Kier alpha value is -2.11. The molecule has 0 radical (unpaired) electrons. The van der Waals surface area contributed by atoms with Crippen LogP contribution in [0.1, 0.15) is 41.9 Å². The van der Waals surface area contributed by atoms with E-state index in [1.54, 1.807) is 17.1 Å². The molecule has 1 amide bonds. The molecule has 108 valence electrons. The van der Waals surface area contributed by atoms with Crippen molar-refractivity contribution in [3.05, 3.63) is 35.9 Å². The van der Waals surface area contributed by atoms with E-state index in [-0.39, 0.29) is 17.9 Å². The lowest BCUT2D eigenvalue weighted by molar-refractivity contribution is 0.0913. The number of imidazole rings is 2. The van der Waals surface area contributed by atoms with Crippen molar-refractivity contribution in [1.82, 2.24) is 24.4 Å². The first kappa shape index (κ1) is 14.3. The number of hydrogen-bond acceptors (Lipinski definition) is 3. The highest BCUT2D eigenvalue weighted by atomic mass is 16.2. The molecule has 1 N–H and O–H groups in total. The van der Waals surface area contributed by atoms with Crippen molar-refractivity contribution in [2.45, 2.75) is 26.8 Å². The molecule has 6 nitrogen and oxygen atoms in total. The van der Waals surface area contributed by atoms with Crippen molar-refractivity contribution >= 4 is 5.91 Å². The lowest BCUT2D eigenvalue weighted by Gasteiger charge is -2.22. The molecule has 0 saturated carbocycles. The first-order chi connectivity index (χ1) is 9.41. The number of carbonyl (C=O) groups excluding carboxylic acids is 1. The number of nitrogens with one attached hydrogen (secondary N) is 1. The first-order valence-corrected chi connectivity index (χ1v) is 6.67. The molecule has 6 heteroatoms. The molecule has 0 aliphatic carbocycles. The molecule has 0 spiro atoms. The summed E-state index contributed by atoms with van der Waals surface area (Å²) in [5, 5.41) is 3.06. The number of hydrogen-bond donors (Lipinski definition) is 1. The molecule has 0 saturated heterocycles. The summed E-state index contributed by atoms with van der Waals surface area (Å²) in [7, 11) is 3.75. The molecule has 0 aliphatic rings. The molecule has 20 heavy (non-hydrogen) atoms. The van der Waals surface area contributed by atoms with Crippen molar-refractivity contribution in [2.24, 2.45) is 20.0 Å². The zero-order valence-electron chi connectivity index (χ0n) is 12.6. The second-order valence-corrected chi connectivity index (χ2v) is 5.38. The van der Waals surface area contributed by atoms with Crippen molar-refractivity contribution in [1.29, 1.82) is 0 Å². The van der Waals surface area contributed by atoms with Crippen LogP contribution in [-0.4, -0.2) is 25.0 Å². The van der Waals surface area contributed by atoms with E-state index in [9.17, 15) is 4.79 Å². The van der Waals surface area contributed by atoms with Crippen LogP contribution in [-0.2, 0) is 14.1 Å². The molecule has 0 aliphatic heterocycles. The highest BCUT2D eigenvalue weighted by Gasteiger charge is 2.24. The van der Waals surface area contributed by atoms with E-state index >= 15 is 0 Å². The van der Waals surface area contributed by atoms with Crippen LogP contribution >= 0.6 is 0 Å². The van der Waals surface area contributed by atoms with Crippen molar-refractivity contribution in [3.63, 3.8) is 0 Å². The van der Waals surface area contributed by atoms with Gasteiger partial charge in [0.1, 0.15) is 11.5 Å². The summed E-state index contributed by atoms with van der Waals surface area (Å²) in [6.07, 6.45) is 5.27. The van der Waals surface area contributed by atoms with Gasteiger partial charge in [-0.1, -0.05) is 13.8 Å². The second kappa shape index (κ2) is 5.48. The van der Waals surface area contributed by atoms with Gasteiger partial charge in [-0.25, -0.2) is 9.97 Å². The Labute approximate surface area is 118 Å². The van der Waals surface area contributed by atoms with Crippen LogP contribution in [0.3, 0.4) is 0 Å². The fourth-order valence-electron chi connectivity index (χ4n) is 2.29. The summed E-state index contributed by atoms with van der Waals surface area (Å²) in [5.41, 5.74) is 1.32. The SMILES string of the molecule is Cc1ncn(C)c1C(=O)N[C@@H](c1nccn1C)C(C)C. The van der Waals surface area contributed by atoms with Crippen LogP contribution in [0.2, 0.25) is 0 Å². The monoisotopic (exact) mass is 275 g/mol. The predicted octanol–water partition coefficient (Wildman–Crippen LogP) is 1.59. The van der Waals surface area contributed by atoms with Crippen molar-refractivity contribution < 1.29 is 4.79 Å². The zero-order chi connectivity index (χ0) is 14.9. The maximum atomic E-state index is 12.5. The molecule has 2 heterocycles. The zero-order valence-corrected chi connectivity index (χ0v) is 12.6. The maximum Gasteiger partial charge on any atom is 0.270 e. The Morgan fingerprint density at radius 3 is 2.40 bits per heavy atom. The molecular formula is C14H21N5O. The standard InChI is InChI=1S/C14H21N5O/c1-9(2)11(13-15-6-7-18(13)4)17-14(20)12-10(3)16-8-19(12)5/h6-9,11H,1-5H3,(H,17,20)/t11-/m1/s1. The molecule has 0 fully saturated rings. The lowest BCUT2D eigenvalue weighted by Crippen LogP contribution is -2.34. The summed E-state index contributed by atoms with van der Waals surface area (Å²) < 4.78 is 3.67. The summed E-state index contributed by atoms with van der Waals surface area (Å²) in [6.45, 7) is 5.96. The topological polar surface area (TPSA) is 64.7 Å². The second-order valence-electron chi connectivity index (χ2n) is 5.38. The van der Waals surface area contributed by atoms with E-state index in [1.807, 2.05) is 31.8 Å². The Kier molecular flexibility index (Phi) is 3.92. The van der Waals surface area contributed by atoms with Crippen LogP contribution in [0.5, 0.6) is 0 Å². The summed E-state index contributed by atoms with van der Waals surface area (Å²) in [5.74, 6) is 0.978. The van der Waals surface area contributed by atoms with Gasteiger partial charge in [-0.3, -0.25) is 4.79 Å². The molecule has 0 bridgehead atoms. The van der Waals surface area contributed by atoms with E-state index < -0.39 is 0 Å². The average Bonchev–Trinajstić information content (AvgIpc) is 2.92. The summed E-state index contributed by atoms with van der Waals surface area (Å²) >= 11 is 0.